The first-order valence-corrected chi connectivity index (χ1v) is 16.6. The Bertz CT molecular complexity index is 2090. The largest absolute Gasteiger partial charge is 0.208 e. The zero-order valence-electron chi connectivity index (χ0n) is 25.7. The van der Waals surface area contributed by atoms with Gasteiger partial charge < -0.3 is 0 Å². The zero-order valence-corrected chi connectivity index (χ0v) is 25.7. The average Bonchev–Trinajstić information content (AvgIpc) is 3.11. The van der Waals surface area contributed by atoms with Crippen LogP contribution in [0.25, 0.3) is 56.1 Å². The number of benzene rings is 5. The number of nitriles is 1. The van der Waals surface area contributed by atoms with Crippen LogP contribution in [0.5, 0.6) is 0 Å². The Morgan fingerprint density at radius 2 is 1.09 bits per heavy atom. The van der Waals surface area contributed by atoms with Gasteiger partial charge in [-0.3, -0.25) is 0 Å². The van der Waals surface area contributed by atoms with Crippen molar-refractivity contribution in [2.75, 3.05) is 0 Å². The first kappa shape index (κ1) is 27.2. The zero-order chi connectivity index (χ0) is 30.7. The molecule has 4 aliphatic rings. The van der Waals surface area contributed by atoms with Gasteiger partial charge in [-0.15, -0.1) is 0 Å². The Morgan fingerprint density at radius 1 is 0.543 bits per heavy atom. The standard InChI is InChI=1S/C42H34N4/c43-26-27-9-18-38-35(22-27)7-4-8-37(38)31-10-12-33(13-11-31)40-44-39(32-5-2-1-3-6-32)45-41(46-40)34-14-16-36(17-15-34)42-23-28-19-29(24-42)21-30(20-28)25-42/h1-18,22,28-30H,19-21,23-25H2/t28-,29+,30-,42?. The summed E-state index contributed by atoms with van der Waals surface area (Å²) in [5, 5.41) is 11.5. The van der Waals surface area contributed by atoms with Crippen molar-refractivity contribution in [1.29, 1.82) is 5.26 Å². The van der Waals surface area contributed by atoms with Crippen LogP contribution in [-0.4, -0.2) is 15.0 Å². The molecule has 4 bridgehead atoms. The molecule has 0 amide bonds. The third kappa shape index (κ3) is 4.70. The molecule has 0 N–H and O–H groups in total. The molecule has 4 nitrogen and oxygen atoms in total. The average molecular weight is 595 g/mol. The van der Waals surface area contributed by atoms with Gasteiger partial charge in [0.1, 0.15) is 0 Å². The fourth-order valence-corrected chi connectivity index (χ4v) is 9.19. The van der Waals surface area contributed by atoms with Crippen molar-refractivity contribution < 1.29 is 0 Å². The molecule has 4 fully saturated rings. The third-order valence-electron chi connectivity index (χ3n) is 10.9. The lowest BCUT2D eigenvalue weighted by Gasteiger charge is -2.57. The first-order chi connectivity index (χ1) is 22.6. The summed E-state index contributed by atoms with van der Waals surface area (Å²) in [5.41, 5.74) is 7.74. The molecular formula is C42H34N4. The third-order valence-corrected chi connectivity index (χ3v) is 10.9. The van der Waals surface area contributed by atoms with Crippen molar-refractivity contribution in [3.8, 4) is 51.4 Å². The number of nitrogens with zero attached hydrogens (tertiary/aromatic N) is 4. The van der Waals surface area contributed by atoms with Crippen LogP contribution in [0.2, 0.25) is 0 Å². The predicted molar refractivity (Wildman–Crippen MR) is 184 cm³/mol. The topological polar surface area (TPSA) is 62.5 Å². The fraction of sp³-hybridized carbons (Fsp3) is 0.238. The minimum Gasteiger partial charge on any atom is -0.208 e. The van der Waals surface area contributed by atoms with Gasteiger partial charge in [0.2, 0.25) is 0 Å². The van der Waals surface area contributed by atoms with Gasteiger partial charge >= 0.3 is 0 Å². The maximum Gasteiger partial charge on any atom is 0.164 e. The molecule has 0 radical (unpaired) electrons. The summed E-state index contributed by atoms with van der Waals surface area (Å²) >= 11 is 0. The number of hydrogen-bond donors (Lipinski definition) is 0. The van der Waals surface area contributed by atoms with Crippen LogP contribution in [-0.2, 0) is 5.41 Å². The Morgan fingerprint density at radius 3 is 1.67 bits per heavy atom. The van der Waals surface area contributed by atoms with E-state index in [-0.39, 0.29) is 0 Å². The lowest BCUT2D eigenvalue weighted by molar-refractivity contribution is -0.00518. The van der Waals surface area contributed by atoms with E-state index in [2.05, 4.69) is 78.9 Å². The molecule has 0 unspecified atom stereocenters. The second-order valence-corrected chi connectivity index (χ2v) is 13.9. The molecule has 4 saturated carbocycles. The Balaban J connectivity index is 1.08. The van der Waals surface area contributed by atoms with Gasteiger partial charge in [0.15, 0.2) is 17.5 Å². The molecule has 6 aromatic rings. The second kappa shape index (κ2) is 10.7. The SMILES string of the molecule is N#Cc1ccc2c(-c3ccc(-c4nc(-c5ccccc5)nc(-c5ccc(C67C[C@H]8C[C@@H](C6)C[C@@H](C7)C8)cc5)n4)cc3)cccc2c1. The molecule has 0 spiro atoms. The van der Waals surface area contributed by atoms with E-state index in [0.717, 1.165) is 56.3 Å². The van der Waals surface area contributed by atoms with Gasteiger partial charge in [-0.1, -0.05) is 103 Å². The molecule has 5 aromatic carbocycles. The molecule has 0 aliphatic heterocycles. The number of rotatable bonds is 5. The monoisotopic (exact) mass is 594 g/mol. The van der Waals surface area contributed by atoms with Crippen LogP contribution in [0.1, 0.15) is 49.7 Å². The summed E-state index contributed by atoms with van der Waals surface area (Å²) < 4.78 is 0. The predicted octanol–water partition coefficient (Wildman–Crippen LogP) is 10.0. The summed E-state index contributed by atoms with van der Waals surface area (Å²) in [6.45, 7) is 0. The van der Waals surface area contributed by atoms with Crippen molar-refractivity contribution >= 4 is 10.8 Å². The van der Waals surface area contributed by atoms with Gasteiger partial charge in [-0.2, -0.15) is 5.26 Å². The van der Waals surface area contributed by atoms with E-state index in [0.29, 0.717) is 28.5 Å². The van der Waals surface area contributed by atoms with E-state index < -0.39 is 0 Å². The summed E-state index contributed by atoms with van der Waals surface area (Å²) in [7, 11) is 0. The van der Waals surface area contributed by atoms with Gasteiger partial charge in [0.25, 0.3) is 0 Å². The van der Waals surface area contributed by atoms with E-state index in [1.54, 1.807) is 0 Å². The van der Waals surface area contributed by atoms with Gasteiger partial charge in [-0.05, 0) is 101 Å². The van der Waals surface area contributed by atoms with Crippen LogP contribution < -0.4 is 0 Å². The summed E-state index contributed by atoms with van der Waals surface area (Å²) in [6.07, 6.45) is 8.46. The van der Waals surface area contributed by atoms with Gasteiger partial charge in [-0.25, -0.2) is 15.0 Å². The van der Waals surface area contributed by atoms with Gasteiger partial charge in [0, 0.05) is 16.7 Å². The van der Waals surface area contributed by atoms with Crippen molar-refractivity contribution in [3.63, 3.8) is 0 Å². The quantitative estimate of drug-likeness (QED) is 0.199. The van der Waals surface area contributed by atoms with E-state index >= 15 is 0 Å². The van der Waals surface area contributed by atoms with Crippen LogP contribution in [0.4, 0.5) is 0 Å². The Hall–Kier alpha value is -5.14. The van der Waals surface area contributed by atoms with E-state index in [1.807, 2.05) is 42.5 Å². The van der Waals surface area contributed by atoms with Crippen LogP contribution in [0.15, 0.2) is 115 Å². The maximum absolute atomic E-state index is 9.35. The highest BCUT2D eigenvalue weighted by Crippen LogP contribution is 2.60. The summed E-state index contributed by atoms with van der Waals surface area (Å²) in [4.78, 5) is 15.0. The van der Waals surface area contributed by atoms with Crippen LogP contribution in [0, 0.1) is 29.1 Å². The van der Waals surface area contributed by atoms with Crippen LogP contribution in [0.3, 0.4) is 0 Å². The van der Waals surface area contributed by atoms with E-state index in [1.165, 1.54) is 44.1 Å². The number of fused-ring (bicyclic) bond motifs is 1. The molecule has 4 aliphatic carbocycles. The molecule has 1 heterocycles. The smallest absolute Gasteiger partial charge is 0.164 e. The van der Waals surface area contributed by atoms with E-state index in [4.69, 9.17) is 15.0 Å². The molecule has 0 saturated heterocycles. The van der Waals surface area contributed by atoms with Crippen molar-refractivity contribution in [1.82, 2.24) is 15.0 Å². The van der Waals surface area contributed by atoms with Crippen molar-refractivity contribution in [2.24, 2.45) is 17.8 Å². The lowest BCUT2D eigenvalue weighted by atomic mass is 9.48. The first-order valence-electron chi connectivity index (χ1n) is 16.6. The van der Waals surface area contributed by atoms with Crippen LogP contribution >= 0.6 is 0 Å². The molecule has 222 valence electrons. The molecule has 4 heteroatoms. The van der Waals surface area contributed by atoms with Crippen molar-refractivity contribution in [2.45, 2.75) is 43.9 Å². The highest BCUT2D eigenvalue weighted by Gasteiger charge is 2.51. The normalized spacial score (nSPS) is 23.0. The lowest BCUT2D eigenvalue weighted by Crippen LogP contribution is -2.48. The highest BCUT2D eigenvalue weighted by atomic mass is 15.0. The van der Waals surface area contributed by atoms with Gasteiger partial charge in [0.05, 0.1) is 11.6 Å². The summed E-state index contributed by atoms with van der Waals surface area (Å²) in [5.74, 6) is 4.82. The Kier molecular flexibility index (Phi) is 6.35. The number of hydrogen-bond acceptors (Lipinski definition) is 4. The molecular weight excluding hydrogens is 560 g/mol. The molecule has 46 heavy (non-hydrogen) atoms. The Labute approximate surface area is 269 Å². The van der Waals surface area contributed by atoms with E-state index in [9.17, 15) is 5.26 Å². The molecule has 1 aromatic heterocycles. The highest BCUT2D eigenvalue weighted by molar-refractivity contribution is 5.97. The summed E-state index contributed by atoms with van der Waals surface area (Å²) in [6, 6.07) is 42.2. The maximum atomic E-state index is 9.35. The minimum atomic E-state index is 0.372. The van der Waals surface area contributed by atoms with Crippen molar-refractivity contribution in [3.05, 3.63) is 126 Å². The minimum absolute atomic E-state index is 0.372. The molecule has 0 atom stereocenters. The fourth-order valence-electron chi connectivity index (χ4n) is 9.19. The second-order valence-electron chi connectivity index (χ2n) is 13.9. The number of aromatic nitrogens is 3. The molecule has 10 rings (SSSR count).